The molecule has 7 heteroatoms. The summed E-state index contributed by atoms with van der Waals surface area (Å²) in [5.74, 6) is 0. The number of hydrogen-bond donors (Lipinski definition) is 0. The Morgan fingerprint density at radius 1 is 1.16 bits per heavy atom. The summed E-state index contributed by atoms with van der Waals surface area (Å²) in [4.78, 5) is 18.7. The van der Waals surface area contributed by atoms with E-state index in [1.807, 2.05) is 36.4 Å². The molecule has 0 spiro atoms. The third-order valence-corrected chi connectivity index (χ3v) is 4.76. The Morgan fingerprint density at radius 3 is 2.80 bits per heavy atom. The number of hydrogen-bond acceptors (Lipinski definition) is 4. The number of rotatable bonds is 2. The van der Waals surface area contributed by atoms with Crippen LogP contribution in [0.4, 0.5) is 4.79 Å². The van der Waals surface area contributed by atoms with E-state index in [1.54, 1.807) is 15.6 Å². The predicted octanol–water partition coefficient (Wildman–Crippen LogP) is 3.12. The normalized spacial score (nSPS) is 14.2. The molecule has 1 aliphatic heterocycles. The first-order valence-electron chi connectivity index (χ1n) is 8.19. The number of carbonyl (C=O) groups is 1. The molecule has 0 saturated carbocycles. The highest BCUT2D eigenvalue weighted by Gasteiger charge is 2.23. The molecule has 0 N–H and O–H groups in total. The standard InChI is InChI=1S/C18H17ClN4O2/c19-17-14-7-10-22(18(24)25-12-13-4-2-1-3-5-13)11-8-15(14)21-16-6-9-20-23(16)17/h1-6,9H,7-8,10-12H2. The Hall–Kier alpha value is -2.60. The third kappa shape index (κ3) is 3.17. The largest absolute Gasteiger partial charge is 0.445 e. The van der Waals surface area contributed by atoms with Crippen LogP contribution >= 0.6 is 11.6 Å². The van der Waals surface area contributed by atoms with E-state index >= 15 is 0 Å². The minimum Gasteiger partial charge on any atom is -0.445 e. The van der Waals surface area contributed by atoms with Crippen LogP contribution in [-0.4, -0.2) is 38.7 Å². The van der Waals surface area contributed by atoms with Crippen molar-refractivity contribution < 1.29 is 9.53 Å². The molecule has 0 aliphatic carbocycles. The Balaban J connectivity index is 1.46. The van der Waals surface area contributed by atoms with E-state index in [1.165, 1.54) is 0 Å². The van der Waals surface area contributed by atoms with E-state index in [-0.39, 0.29) is 12.7 Å². The smallest absolute Gasteiger partial charge is 0.410 e. The zero-order valence-electron chi connectivity index (χ0n) is 13.6. The Morgan fingerprint density at radius 2 is 1.96 bits per heavy atom. The molecule has 0 bridgehead atoms. The zero-order valence-corrected chi connectivity index (χ0v) is 14.3. The van der Waals surface area contributed by atoms with E-state index in [4.69, 9.17) is 16.3 Å². The van der Waals surface area contributed by atoms with E-state index in [0.29, 0.717) is 31.1 Å². The summed E-state index contributed by atoms with van der Waals surface area (Å²) in [6.07, 6.45) is 2.66. The lowest BCUT2D eigenvalue weighted by molar-refractivity contribution is 0.0977. The fraction of sp³-hybridized carbons (Fsp3) is 0.278. The molecular weight excluding hydrogens is 340 g/mol. The second-order valence-electron chi connectivity index (χ2n) is 5.96. The highest BCUT2D eigenvalue weighted by atomic mass is 35.5. The average Bonchev–Trinajstić information content (AvgIpc) is 3.00. The van der Waals surface area contributed by atoms with Crippen LogP contribution in [0.15, 0.2) is 42.6 Å². The molecule has 3 heterocycles. The summed E-state index contributed by atoms with van der Waals surface area (Å²) in [5, 5.41) is 4.76. The Kier molecular flexibility index (Phi) is 4.28. The van der Waals surface area contributed by atoms with Crippen molar-refractivity contribution in [2.24, 2.45) is 0 Å². The average molecular weight is 357 g/mol. The van der Waals surface area contributed by atoms with Crippen molar-refractivity contribution in [2.45, 2.75) is 19.4 Å². The number of aromatic nitrogens is 3. The lowest BCUT2D eigenvalue weighted by Gasteiger charge is -2.19. The van der Waals surface area contributed by atoms with Gasteiger partial charge >= 0.3 is 6.09 Å². The molecule has 6 nitrogen and oxygen atoms in total. The summed E-state index contributed by atoms with van der Waals surface area (Å²) in [5.41, 5.74) is 3.58. The summed E-state index contributed by atoms with van der Waals surface area (Å²) in [6.45, 7) is 1.39. The topological polar surface area (TPSA) is 59.7 Å². The van der Waals surface area contributed by atoms with Crippen LogP contribution in [0.2, 0.25) is 5.15 Å². The van der Waals surface area contributed by atoms with E-state index in [9.17, 15) is 4.79 Å². The summed E-state index contributed by atoms with van der Waals surface area (Å²) >= 11 is 6.47. The Labute approximate surface area is 150 Å². The van der Waals surface area contributed by atoms with Gasteiger partial charge in [0.1, 0.15) is 11.8 Å². The van der Waals surface area contributed by atoms with Gasteiger partial charge in [-0.05, 0) is 12.0 Å². The maximum Gasteiger partial charge on any atom is 0.410 e. The lowest BCUT2D eigenvalue weighted by atomic mass is 10.1. The minimum atomic E-state index is -0.308. The fourth-order valence-electron chi connectivity index (χ4n) is 3.03. The minimum absolute atomic E-state index is 0.274. The van der Waals surface area contributed by atoms with Crippen molar-refractivity contribution in [1.82, 2.24) is 19.5 Å². The fourth-order valence-corrected chi connectivity index (χ4v) is 3.37. The molecule has 2 aromatic heterocycles. The number of amides is 1. The van der Waals surface area contributed by atoms with Crippen LogP contribution in [0.1, 0.15) is 16.8 Å². The number of ether oxygens (including phenoxy) is 1. The van der Waals surface area contributed by atoms with Gasteiger partial charge in [0.25, 0.3) is 0 Å². The van der Waals surface area contributed by atoms with Gasteiger partial charge in [-0.15, -0.1) is 0 Å². The van der Waals surface area contributed by atoms with Gasteiger partial charge in [-0.25, -0.2) is 14.3 Å². The number of carbonyl (C=O) groups excluding carboxylic acids is 1. The number of halogens is 1. The van der Waals surface area contributed by atoms with Crippen LogP contribution in [0.5, 0.6) is 0 Å². The van der Waals surface area contributed by atoms with Gasteiger partial charge in [0.2, 0.25) is 0 Å². The molecule has 0 fully saturated rings. The van der Waals surface area contributed by atoms with Crippen molar-refractivity contribution in [2.75, 3.05) is 13.1 Å². The number of benzene rings is 1. The lowest BCUT2D eigenvalue weighted by Crippen LogP contribution is -2.33. The van der Waals surface area contributed by atoms with Gasteiger partial charge in [0.05, 0.1) is 11.9 Å². The van der Waals surface area contributed by atoms with Gasteiger partial charge in [0, 0.05) is 31.1 Å². The molecule has 0 atom stereocenters. The van der Waals surface area contributed by atoms with E-state index in [0.717, 1.165) is 22.5 Å². The highest BCUT2D eigenvalue weighted by molar-refractivity contribution is 6.30. The highest BCUT2D eigenvalue weighted by Crippen LogP contribution is 2.24. The predicted molar refractivity (Wildman–Crippen MR) is 93.6 cm³/mol. The van der Waals surface area contributed by atoms with Crippen molar-refractivity contribution in [3.8, 4) is 0 Å². The quantitative estimate of drug-likeness (QED) is 0.662. The zero-order chi connectivity index (χ0) is 17.2. The van der Waals surface area contributed by atoms with Gasteiger partial charge in [-0.3, -0.25) is 0 Å². The molecule has 128 valence electrons. The maximum atomic E-state index is 12.4. The van der Waals surface area contributed by atoms with Gasteiger partial charge in [-0.2, -0.15) is 5.10 Å². The van der Waals surface area contributed by atoms with Crippen molar-refractivity contribution in [3.63, 3.8) is 0 Å². The molecule has 4 rings (SSSR count). The first-order chi connectivity index (χ1) is 12.2. The molecular formula is C18H17ClN4O2. The molecule has 1 aliphatic rings. The van der Waals surface area contributed by atoms with E-state index < -0.39 is 0 Å². The summed E-state index contributed by atoms with van der Waals surface area (Å²) in [7, 11) is 0. The summed E-state index contributed by atoms with van der Waals surface area (Å²) in [6, 6.07) is 11.5. The number of fused-ring (bicyclic) bond motifs is 2. The SMILES string of the molecule is O=C(OCc1ccccc1)N1CCc2nc3ccnn3c(Cl)c2CC1. The maximum absolute atomic E-state index is 12.4. The first-order valence-corrected chi connectivity index (χ1v) is 8.57. The van der Waals surface area contributed by atoms with Crippen LogP contribution in [0.3, 0.4) is 0 Å². The van der Waals surface area contributed by atoms with Crippen LogP contribution in [0.25, 0.3) is 5.65 Å². The first kappa shape index (κ1) is 15.9. The molecule has 0 unspecified atom stereocenters. The van der Waals surface area contributed by atoms with Crippen LogP contribution in [0, 0.1) is 0 Å². The molecule has 0 saturated heterocycles. The van der Waals surface area contributed by atoms with Crippen LogP contribution in [-0.2, 0) is 24.2 Å². The van der Waals surface area contributed by atoms with E-state index in [2.05, 4.69) is 10.1 Å². The molecule has 1 amide bonds. The monoisotopic (exact) mass is 356 g/mol. The second-order valence-corrected chi connectivity index (χ2v) is 6.31. The second kappa shape index (κ2) is 6.72. The molecule has 0 radical (unpaired) electrons. The van der Waals surface area contributed by atoms with Gasteiger partial charge in [0.15, 0.2) is 5.65 Å². The van der Waals surface area contributed by atoms with Crippen molar-refractivity contribution in [1.29, 1.82) is 0 Å². The van der Waals surface area contributed by atoms with Crippen molar-refractivity contribution >= 4 is 23.3 Å². The third-order valence-electron chi connectivity index (χ3n) is 4.37. The van der Waals surface area contributed by atoms with Gasteiger partial charge in [-0.1, -0.05) is 41.9 Å². The van der Waals surface area contributed by atoms with Crippen LogP contribution < -0.4 is 0 Å². The van der Waals surface area contributed by atoms with Gasteiger partial charge < -0.3 is 9.64 Å². The summed E-state index contributed by atoms with van der Waals surface area (Å²) < 4.78 is 7.06. The molecule has 25 heavy (non-hydrogen) atoms. The molecule has 3 aromatic rings. The Bertz CT molecular complexity index is 910. The molecule has 1 aromatic carbocycles. The van der Waals surface area contributed by atoms with Crippen molar-refractivity contribution in [3.05, 3.63) is 64.6 Å². The number of nitrogens with zero attached hydrogens (tertiary/aromatic N) is 4.